The fourth-order valence-electron chi connectivity index (χ4n) is 2.80. The van der Waals surface area contributed by atoms with Gasteiger partial charge in [0.1, 0.15) is 5.69 Å². The van der Waals surface area contributed by atoms with E-state index in [0.717, 1.165) is 11.0 Å². The Hall–Kier alpha value is -2.97. The summed E-state index contributed by atoms with van der Waals surface area (Å²) in [5.74, 6) is 0.00594. The molecule has 0 spiro atoms. The molecule has 0 unspecified atom stereocenters. The highest BCUT2D eigenvalue weighted by Crippen LogP contribution is 2.17. The summed E-state index contributed by atoms with van der Waals surface area (Å²) in [4.78, 5) is 36.5. The molecule has 0 aliphatic carbocycles. The van der Waals surface area contributed by atoms with Crippen molar-refractivity contribution in [3.05, 3.63) is 54.6 Å². The van der Waals surface area contributed by atoms with Crippen LogP contribution in [0, 0.1) is 16.0 Å². The molecule has 0 saturated carbocycles. The third-order valence-corrected chi connectivity index (χ3v) is 4.07. The third-order valence-electron chi connectivity index (χ3n) is 4.07. The minimum atomic E-state index is -0.864. The molecule has 9 heteroatoms. The highest BCUT2D eigenvalue weighted by molar-refractivity contribution is 5.71. The molecule has 0 atom stereocenters. The zero-order valence-corrected chi connectivity index (χ0v) is 16.1. The van der Waals surface area contributed by atoms with Crippen LogP contribution >= 0.6 is 0 Å². The van der Waals surface area contributed by atoms with Crippen LogP contribution in [0.15, 0.2) is 22.0 Å². The molecular weight excluding hydrogens is 350 g/mol. The smallest absolute Gasteiger partial charge is 0.287 e. The van der Waals surface area contributed by atoms with Gasteiger partial charge in [0.05, 0.1) is 11.1 Å². The van der Waals surface area contributed by atoms with Gasteiger partial charge in [-0.05, 0) is 24.5 Å². The number of nitro groups is 1. The van der Waals surface area contributed by atoms with E-state index in [9.17, 15) is 19.7 Å². The first kappa shape index (κ1) is 20.3. The molecule has 0 aliphatic heterocycles. The lowest BCUT2D eigenvalue weighted by atomic mass is 10.2. The Balaban J connectivity index is 2.74. The summed E-state index contributed by atoms with van der Waals surface area (Å²) in [5, 5.41) is 15.7. The maximum Gasteiger partial charge on any atom is 0.357 e. The monoisotopic (exact) mass is 375 g/mol. The molecule has 9 nitrogen and oxygen atoms in total. The standard InChI is InChI=1S/C18H25N5O4/c1-5-6-9-21-15(8-7-14-10-19-20(4)12-14)16(23(26)27)17(24)22(18(21)25)11-13(2)3/h7-8,10,12-13H,5-6,9,11H2,1-4H3/b8-7+. The Bertz CT molecular complexity index is 965. The number of hydrogen-bond acceptors (Lipinski definition) is 5. The van der Waals surface area contributed by atoms with E-state index in [1.54, 1.807) is 30.2 Å². The first-order valence-electron chi connectivity index (χ1n) is 8.95. The predicted octanol–water partition coefficient (Wildman–Crippen LogP) is 2.28. The zero-order chi connectivity index (χ0) is 20.1. The van der Waals surface area contributed by atoms with Gasteiger partial charge >= 0.3 is 16.9 Å². The fourth-order valence-corrected chi connectivity index (χ4v) is 2.80. The minimum absolute atomic E-state index is 0.00594. The van der Waals surface area contributed by atoms with Gasteiger partial charge in [-0.25, -0.2) is 4.79 Å². The lowest BCUT2D eigenvalue weighted by Gasteiger charge is -2.15. The van der Waals surface area contributed by atoms with Crippen molar-refractivity contribution in [2.75, 3.05) is 0 Å². The highest BCUT2D eigenvalue weighted by atomic mass is 16.6. The molecule has 2 aromatic heterocycles. The van der Waals surface area contributed by atoms with E-state index < -0.39 is 21.9 Å². The molecule has 0 saturated heterocycles. The van der Waals surface area contributed by atoms with Gasteiger partial charge in [-0.1, -0.05) is 27.2 Å². The van der Waals surface area contributed by atoms with E-state index in [4.69, 9.17) is 0 Å². The summed E-state index contributed by atoms with van der Waals surface area (Å²) in [6, 6.07) is 0. The lowest BCUT2D eigenvalue weighted by molar-refractivity contribution is -0.387. The van der Waals surface area contributed by atoms with Crippen molar-refractivity contribution in [2.24, 2.45) is 13.0 Å². The quantitative estimate of drug-likeness (QED) is 0.520. The number of aromatic nitrogens is 4. The molecule has 0 fully saturated rings. The minimum Gasteiger partial charge on any atom is -0.287 e. The van der Waals surface area contributed by atoms with E-state index in [2.05, 4.69) is 5.10 Å². The van der Waals surface area contributed by atoms with E-state index >= 15 is 0 Å². The molecule has 0 aromatic carbocycles. The normalized spacial score (nSPS) is 11.6. The molecule has 0 aliphatic rings. The van der Waals surface area contributed by atoms with Crippen molar-refractivity contribution in [2.45, 2.75) is 46.7 Å². The number of aryl methyl sites for hydroxylation is 1. The largest absolute Gasteiger partial charge is 0.357 e. The fraction of sp³-hybridized carbons (Fsp3) is 0.500. The average molecular weight is 375 g/mol. The van der Waals surface area contributed by atoms with Crippen LogP contribution in [0.3, 0.4) is 0 Å². The van der Waals surface area contributed by atoms with E-state index in [-0.39, 0.29) is 18.2 Å². The van der Waals surface area contributed by atoms with Crippen LogP contribution in [-0.2, 0) is 20.1 Å². The Kier molecular flexibility index (Phi) is 6.49. The van der Waals surface area contributed by atoms with E-state index in [0.29, 0.717) is 18.5 Å². The van der Waals surface area contributed by atoms with Crippen LogP contribution in [0.1, 0.15) is 44.9 Å². The second-order valence-electron chi connectivity index (χ2n) is 6.87. The van der Waals surface area contributed by atoms with Gasteiger partial charge in [0.2, 0.25) is 0 Å². The number of nitrogens with zero attached hydrogens (tertiary/aromatic N) is 5. The van der Waals surface area contributed by atoms with Crippen LogP contribution in [0.5, 0.6) is 0 Å². The maximum atomic E-state index is 12.9. The first-order valence-corrected chi connectivity index (χ1v) is 8.95. The number of hydrogen-bond donors (Lipinski definition) is 0. The van der Waals surface area contributed by atoms with Crippen molar-refractivity contribution in [3.63, 3.8) is 0 Å². The van der Waals surface area contributed by atoms with Gasteiger partial charge in [0.25, 0.3) is 0 Å². The molecule has 2 heterocycles. The van der Waals surface area contributed by atoms with Gasteiger partial charge in [0.15, 0.2) is 0 Å². The van der Waals surface area contributed by atoms with Crippen LogP contribution in [0.4, 0.5) is 5.69 Å². The van der Waals surface area contributed by atoms with Crippen molar-refractivity contribution in [1.82, 2.24) is 18.9 Å². The summed E-state index contributed by atoms with van der Waals surface area (Å²) in [7, 11) is 1.75. The van der Waals surface area contributed by atoms with Gasteiger partial charge in [-0.15, -0.1) is 0 Å². The Morgan fingerprint density at radius 3 is 2.48 bits per heavy atom. The SMILES string of the molecule is CCCCn1c(/C=C/c2cnn(C)c2)c([N+](=O)[O-])c(=O)n(CC(C)C)c1=O. The third kappa shape index (κ3) is 4.60. The molecule has 2 rings (SSSR count). The molecule has 0 amide bonds. The van der Waals surface area contributed by atoms with Gasteiger partial charge in [0, 0.05) is 31.9 Å². The summed E-state index contributed by atoms with van der Waals surface area (Å²) in [5.41, 5.74) is -1.22. The van der Waals surface area contributed by atoms with Crippen LogP contribution in [0.2, 0.25) is 0 Å². The summed E-state index contributed by atoms with van der Waals surface area (Å²) in [6.45, 7) is 6.11. The predicted molar refractivity (Wildman–Crippen MR) is 103 cm³/mol. The number of rotatable bonds is 8. The second-order valence-corrected chi connectivity index (χ2v) is 6.87. The molecule has 27 heavy (non-hydrogen) atoms. The van der Waals surface area contributed by atoms with E-state index in [1.165, 1.54) is 10.6 Å². The number of unbranched alkanes of at least 4 members (excludes halogenated alkanes) is 1. The Morgan fingerprint density at radius 2 is 1.96 bits per heavy atom. The molecule has 2 aromatic rings. The van der Waals surface area contributed by atoms with Crippen molar-refractivity contribution in [1.29, 1.82) is 0 Å². The van der Waals surface area contributed by atoms with Crippen molar-refractivity contribution >= 4 is 17.8 Å². The van der Waals surface area contributed by atoms with E-state index in [1.807, 2.05) is 20.8 Å². The summed E-state index contributed by atoms with van der Waals surface area (Å²) in [6.07, 6.45) is 7.88. The highest BCUT2D eigenvalue weighted by Gasteiger charge is 2.26. The first-order chi connectivity index (χ1) is 12.8. The van der Waals surface area contributed by atoms with Crippen molar-refractivity contribution < 1.29 is 4.92 Å². The second kappa shape index (κ2) is 8.61. The lowest BCUT2D eigenvalue weighted by Crippen LogP contribution is -2.43. The molecule has 0 N–H and O–H groups in total. The van der Waals surface area contributed by atoms with Crippen LogP contribution in [0.25, 0.3) is 12.2 Å². The Labute approximate surface area is 156 Å². The topological polar surface area (TPSA) is 105 Å². The summed E-state index contributed by atoms with van der Waals surface area (Å²) < 4.78 is 3.90. The molecule has 0 bridgehead atoms. The average Bonchev–Trinajstić information content (AvgIpc) is 3.00. The van der Waals surface area contributed by atoms with Gasteiger partial charge in [-0.2, -0.15) is 5.10 Å². The maximum absolute atomic E-state index is 12.9. The molecule has 0 radical (unpaired) electrons. The van der Waals surface area contributed by atoms with Crippen molar-refractivity contribution in [3.8, 4) is 0 Å². The van der Waals surface area contributed by atoms with Crippen LogP contribution < -0.4 is 11.2 Å². The van der Waals surface area contributed by atoms with Gasteiger partial charge < -0.3 is 0 Å². The van der Waals surface area contributed by atoms with Gasteiger partial charge in [-0.3, -0.25) is 28.7 Å². The Morgan fingerprint density at radius 1 is 1.26 bits per heavy atom. The zero-order valence-electron chi connectivity index (χ0n) is 16.1. The summed E-state index contributed by atoms with van der Waals surface area (Å²) >= 11 is 0. The van der Waals surface area contributed by atoms with Crippen LogP contribution in [-0.4, -0.2) is 23.8 Å². The molecular formula is C18H25N5O4. The molecule has 146 valence electrons.